The third-order valence-electron chi connectivity index (χ3n) is 11.6. The smallest absolute Gasteiger partial charge is 0.301 e. The molecule has 0 spiro atoms. The van der Waals surface area contributed by atoms with Crippen molar-refractivity contribution in [2.45, 2.75) is 58.5 Å². The number of phenols is 2. The van der Waals surface area contributed by atoms with Gasteiger partial charge in [-0.1, -0.05) is 110 Å². The van der Waals surface area contributed by atoms with Gasteiger partial charge in [0.15, 0.2) is 0 Å². The molecule has 7 aromatic carbocycles. The van der Waals surface area contributed by atoms with Crippen LogP contribution in [-0.4, -0.2) is 34.7 Å². The summed E-state index contributed by atoms with van der Waals surface area (Å²) in [6.07, 6.45) is 7.64. The minimum atomic E-state index is -2.92. The van der Waals surface area contributed by atoms with Gasteiger partial charge in [0.1, 0.15) is 11.5 Å². The average molecular weight is 899 g/mol. The van der Waals surface area contributed by atoms with Crippen molar-refractivity contribution in [1.29, 1.82) is 0 Å². The quantitative estimate of drug-likeness (QED) is 0.0621. The number of hydrogen-bond donors (Lipinski definition) is 2. The van der Waals surface area contributed by atoms with E-state index < -0.39 is 14.1 Å². The van der Waals surface area contributed by atoms with Gasteiger partial charge in [0.25, 0.3) is 0 Å². The van der Waals surface area contributed by atoms with E-state index in [0.717, 1.165) is 63.9 Å². The number of hydrogen-bond acceptors (Lipinski definition) is 4. The third-order valence-corrected chi connectivity index (χ3v) is 20.0. The Labute approximate surface area is 378 Å². The first kappa shape index (κ1) is 46.1. The maximum atomic E-state index is 11.9. The van der Waals surface area contributed by atoms with Crippen LogP contribution in [0.2, 0.25) is 0 Å². The Hall–Kier alpha value is -5.44. The number of phenolic OH excluding ortho intramolecular Hbond substituents is 2. The molecule has 317 valence electrons. The summed E-state index contributed by atoms with van der Waals surface area (Å²) in [4.78, 5) is 10.2. The van der Waals surface area contributed by atoms with E-state index in [9.17, 15) is 10.2 Å². The van der Waals surface area contributed by atoms with E-state index >= 15 is 0 Å². The Morgan fingerprint density at radius 2 is 0.790 bits per heavy atom. The van der Waals surface area contributed by atoms with Gasteiger partial charge in [0, 0.05) is 40.3 Å². The SMILES string of the molecule is Cc1cc(C)c(O)c(C=N[C@H]2CCCC[C@@H]2N=Cc2cc(P(=[N+]=P(c3ccccc3)(c3ccccc3)c3ccccc3)(c3ccccc3)c3ccccc3)cc(C)c2O)c1.[CH3-].[Co]. The van der Waals surface area contributed by atoms with Gasteiger partial charge >= 0.3 is 14.1 Å². The van der Waals surface area contributed by atoms with Crippen LogP contribution < -0.4 is 36.0 Å². The fourth-order valence-electron chi connectivity index (χ4n) is 8.58. The molecular weight excluding hydrogens is 843 g/mol. The second-order valence-electron chi connectivity index (χ2n) is 15.7. The molecule has 62 heavy (non-hydrogen) atoms. The maximum absolute atomic E-state index is 11.9. The first-order chi connectivity index (χ1) is 29.3. The standard InChI is InChI=1S/C53H51N3O2P2.CH3.Co/c1-39-33-40(2)52(57)42(34-39)37-54-50-31-19-20-32-51(50)55-38-43-36-49(35-41(3)53(43)58)60(47-27-15-7-16-28-47,48-29-17-8-18-30-48)56-59(44-21-9-4-10-22-44,45-23-11-5-12-24-45)46-25-13-6-14-26-46;;/h4-18,21-30,33-38,50-51H,19-20,31-32H2,1-3H3,(H,54,57);1H3;/q;-1;/p+1/t50-,51-;;/m0../s1. The first-order valence-electron chi connectivity index (χ1n) is 20.8. The van der Waals surface area contributed by atoms with Crippen LogP contribution in [-0.2, 0) is 16.8 Å². The van der Waals surface area contributed by atoms with Gasteiger partial charge in [0.2, 0.25) is 0 Å². The number of benzene rings is 7. The Kier molecular flexibility index (Phi) is 15.3. The van der Waals surface area contributed by atoms with Crippen molar-refractivity contribution in [2.75, 3.05) is 0 Å². The van der Waals surface area contributed by atoms with Crippen molar-refractivity contribution in [3.63, 3.8) is 0 Å². The zero-order chi connectivity index (χ0) is 41.5. The number of nitrogens with zero attached hydrogens (tertiary/aromatic N) is 3. The number of aromatic hydroxyl groups is 2. The zero-order valence-electron chi connectivity index (χ0n) is 35.8. The van der Waals surface area contributed by atoms with Gasteiger partial charge in [-0.15, -0.1) is 4.17 Å². The second kappa shape index (κ2) is 20.6. The van der Waals surface area contributed by atoms with E-state index in [-0.39, 0.29) is 47.8 Å². The Bertz CT molecular complexity index is 2630. The molecule has 8 heteroatoms. The molecule has 0 aliphatic heterocycles. The summed E-state index contributed by atoms with van der Waals surface area (Å²) >= 11 is 0. The topological polar surface area (TPSA) is 79.3 Å². The van der Waals surface area contributed by atoms with Crippen molar-refractivity contribution < 1.29 is 27.0 Å². The van der Waals surface area contributed by atoms with E-state index in [1.165, 1.54) is 15.9 Å². The van der Waals surface area contributed by atoms with Crippen molar-refractivity contribution in [3.05, 3.63) is 211 Å². The molecule has 0 amide bonds. The van der Waals surface area contributed by atoms with E-state index in [2.05, 4.69) is 164 Å². The summed E-state index contributed by atoms with van der Waals surface area (Å²) in [5, 5.41) is 29.5. The summed E-state index contributed by atoms with van der Waals surface area (Å²) in [7, 11) is -5.67. The van der Waals surface area contributed by atoms with Crippen molar-refractivity contribution in [2.24, 2.45) is 9.98 Å². The largest absolute Gasteiger partial charge is 0.507 e. The molecule has 8 rings (SSSR count). The predicted octanol–water partition coefficient (Wildman–Crippen LogP) is 10.0. The predicted molar refractivity (Wildman–Crippen MR) is 264 cm³/mol. The van der Waals surface area contributed by atoms with Crippen LogP contribution in [0, 0.1) is 28.2 Å². The van der Waals surface area contributed by atoms with Gasteiger partial charge in [-0.05, 0) is 129 Å². The fourth-order valence-corrected chi connectivity index (χ4v) is 18.2. The summed E-state index contributed by atoms with van der Waals surface area (Å²) in [6.45, 7) is 5.94. The Balaban J connectivity index is 0.00000321. The normalized spacial score (nSPS) is 15.4. The van der Waals surface area contributed by atoms with E-state index in [1.807, 2.05) is 45.3 Å². The van der Waals surface area contributed by atoms with Crippen molar-refractivity contribution >= 4 is 58.4 Å². The third kappa shape index (κ3) is 9.32. The summed E-state index contributed by atoms with van der Waals surface area (Å²) in [5.74, 6) is 0.484. The zero-order valence-corrected chi connectivity index (χ0v) is 38.7. The first-order valence-corrected chi connectivity index (χ1v) is 24.3. The second-order valence-corrected chi connectivity index (χ2v) is 22.1. The van der Waals surface area contributed by atoms with Crippen molar-refractivity contribution in [3.8, 4) is 11.5 Å². The number of aliphatic imine (C=N–C) groups is 2. The molecule has 0 aromatic heterocycles. The number of aryl methyl sites for hydroxylation is 3. The van der Waals surface area contributed by atoms with Crippen LogP contribution >= 0.6 is 14.1 Å². The molecule has 7 aromatic rings. The van der Waals surface area contributed by atoms with Crippen LogP contribution in [0.1, 0.15) is 53.5 Å². The summed E-state index contributed by atoms with van der Waals surface area (Å²) in [6, 6.07) is 62.2. The van der Waals surface area contributed by atoms with Gasteiger partial charge < -0.3 is 17.6 Å². The van der Waals surface area contributed by atoms with Gasteiger partial charge in [-0.25, -0.2) is 0 Å². The minimum Gasteiger partial charge on any atom is -0.507 e. The molecule has 0 unspecified atom stereocenters. The molecule has 5 nitrogen and oxygen atoms in total. The van der Waals surface area contributed by atoms with Gasteiger partial charge in [0.05, 0.1) is 43.9 Å². The van der Waals surface area contributed by atoms with E-state index in [4.69, 9.17) is 14.2 Å². The van der Waals surface area contributed by atoms with Crippen molar-refractivity contribution in [1.82, 2.24) is 4.17 Å². The van der Waals surface area contributed by atoms with Crippen LogP contribution in [0.25, 0.3) is 0 Å². The monoisotopic (exact) mass is 898 g/mol. The molecule has 0 heterocycles. The van der Waals surface area contributed by atoms with Gasteiger partial charge in [-0.2, -0.15) is 0 Å². The molecule has 1 saturated carbocycles. The fraction of sp³-hybridized carbons (Fsp3) is 0.167. The van der Waals surface area contributed by atoms with Crippen LogP contribution in [0.4, 0.5) is 0 Å². The number of rotatable bonds is 10. The Morgan fingerprint density at radius 3 is 1.16 bits per heavy atom. The van der Waals surface area contributed by atoms with Crippen LogP contribution in [0.3, 0.4) is 0 Å². The van der Waals surface area contributed by atoms with E-state index in [1.54, 1.807) is 0 Å². The molecule has 2 N–H and O–H groups in total. The Morgan fingerprint density at radius 1 is 0.468 bits per heavy atom. The molecule has 0 saturated heterocycles. The van der Waals surface area contributed by atoms with Crippen LogP contribution in [0.15, 0.2) is 186 Å². The molecule has 0 bridgehead atoms. The molecular formula is C54H55CoN3O2P2. The average Bonchev–Trinajstić information content (AvgIpc) is 3.30. The van der Waals surface area contributed by atoms with Gasteiger partial charge in [-0.3, -0.25) is 9.98 Å². The minimum absolute atomic E-state index is 0. The van der Waals surface area contributed by atoms with Crippen LogP contribution in [0.5, 0.6) is 11.5 Å². The summed E-state index contributed by atoms with van der Waals surface area (Å²) in [5.41, 5.74) is 4.09. The molecule has 1 aliphatic rings. The molecule has 1 radical (unpaired) electrons. The molecule has 1 fully saturated rings. The maximum Gasteiger partial charge on any atom is 0.301 e. The molecule has 2 atom stereocenters. The molecule has 1 aliphatic carbocycles. The summed E-state index contributed by atoms with van der Waals surface area (Å²) < 4.78 is 6.56. The van der Waals surface area contributed by atoms with E-state index in [0.29, 0.717) is 5.56 Å².